The van der Waals surface area contributed by atoms with E-state index in [1.807, 2.05) is 25.3 Å². The molecule has 0 aromatic carbocycles. The molecule has 1 aliphatic rings. The molecule has 6 heteroatoms. The average molecular weight is 251 g/mol. The van der Waals surface area contributed by atoms with Gasteiger partial charge in [-0.2, -0.15) is 4.98 Å². The second-order valence-electron chi connectivity index (χ2n) is 5.38. The molecule has 1 aliphatic heterocycles. The van der Waals surface area contributed by atoms with Gasteiger partial charge in [0, 0.05) is 25.4 Å². The maximum Gasteiger partial charge on any atom is 0.410 e. The number of rotatable bonds is 1. The summed E-state index contributed by atoms with van der Waals surface area (Å²) >= 11 is 0. The number of hydrogen-bond donors (Lipinski definition) is 0. The van der Waals surface area contributed by atoms with Crippen LogP contribution < -0.4 is 5.56 Å². The Bertz CT molecular complexity index is 478. The predicted molar refractivity (Wildman–Crippen MR) is 65.3 cm³/mol. The predicted octanol–water partition coefficient (Wildman–Crippen LogP) is 1.04. The normalized spacial score (nSPS) is 16.3. The van der Waals surface area contributed by atoms with Crippen molar-refractivity contribution >= 4 is 6.09 Å². The largest absolute Gasteiger partial charge is 0.444 e. The fourth-order valence-electron chi connectivity index (χ4n) is 1.69. The van der Waals surface area contributed by atoms with Crippen molar-refractivity contribution in [3.8, 4) is 0 Å². The standard InChI is InChI=1S/C12H17N3O3/c1-12(2,3)18-11(17)15-6-9(7-15)14-5-4-10(16)13-8-14/h4-5,8-9H,6-7H2,1-3H3. The Morgan fingerprint density at radius 1 is 1.44 bits per heavy atom. The van der Waals surface area contributed by atoms with Gasteiger partial charge in [0.05, 0.1) is 12.4 Å². The van der Waals surface area contributed by atoms with Crippen LogP contribution in [-0.4, -0.2) is 39.2 Å². The van der Waals surface area contributed by atoms with Crippen molar-refractivity contribution in [2.24, 2.45) is 0 Å². The first-order chi connectivity index (χ1) is 8.35. The maximum absolute atomic E-state index is 11.7. The van der Waals surface area contributed by atoms with E-state index in [4.69, 9.17) is 4.74 Å². The first kappa shape index (κ1) is 12.6. The van der Waals surface area contributed by atoms with Gasteiger partial charge in [0.15, 0.2) is 0 Å². The summed E-state index contributed by atoms with van der Waals surface area (Å²) in [6.45, 7) is 6.69. The molecule has 1 aromatic heterocycles. The first-order valence-corrected chi connectivity index (χ1v) is 5.87. The lowest BCUT2D eigenvalue weighted by atomic mass is 10.1. The SMILES string of the molecule is CC(C)(C)OC(=O)N1CC(n2ccc(=O)nc2)C1. The molecule has 2 rings (SSSR count). The van der Waals surface area contributed by atoms with Gasteiger partial charge in [0.1, 0.15) is 5.60 Å². The van der Waals surface area contributed by atoms with E-state index in [1.165, 1.54) is 12.4 Å². The van der Waals surface area contributed by atoms with Crippen molar-refractivity contribution in [3.63, 3.8) is 0 Å². The van der Waals surface area contributed by atoms with Gasteiger partial charge in [-0.25, -0.2) is 4.79 Å². The zero-order valence-corrected chi connectivity index (χ0v) is 10.8. The topological polar surface area (TPSA) is 64.4 Å². The van der Waals surface area contributed by atoms with E-state index in [0.717, 1.165) is 0 Å². The third-order valence-corrected chi connectivity index (χ3v) is 2.64. The summed E-state index contributed by atoms with van der Waals surface area (Å²) in [5, 5.41) is 0. The molecule has 0 aliphatic carbocycles. The van der Waals surface area contributed by atoms with Gasteiger partial charge in [-0.1, -0.05) is 0 Å². The number of carbonyl (C=O) groups excluding carboxylic acids is 1. The van der Waals surface area contributed by atoms with Crippen molar-refractivity contribution < 1.29 is 9.53 Å². The van der Waals surface area contributed by atoms with Gasteiger partial charge in [0.25, 0.3) is 5.56 Å². The van der Waals surface area contributed by atoms with E-state index in [1.54, 1.807) is 11.1 Å². The fourth-order valence-corrected chi connectivity index (χ4v) is 1.69. The van der Waals surface area contributed by atoms with Crippen LogP contribution in [0.15, 0.2) is 23.4 Å². The molecule has 0 spiro atoms. The molecule has 98 valence electrons. The van der Waals surface area contributed by atoms with Crippen molar-refractivity contribution in [1.82, 2.24) is 14.5 Å². The number of carbonyl (C=O) groups is 1. The van der Waals surface area contributed by atoms with Gasteiger partial charge in [-0.05, 0) is 20.8 Å². The zero-order valence-electron chi connectivity index (χ0n) is 10.8. The molecule has 18 heavy (non-hydrogen) atoms. The van der Waals surface area contributed by atoms with Crippen molar-refractivity contribution in [3.05, 3.63) is 28.9 Å². The second-order valence-corrected chi connectivity index (χ2v) is 5.38. The van der Waals surface area contributed by atoms with Gasteiger partial charge < -0.3 is 14.2 Å². The first-order valence-electron chi connectivity index (χ1n) is 5.87. The molecule has 0 bridgehead atoms. The molecular formula is C12H17N3O3. The molecule has 0 saturated carbocycles. The third-order valence-electron chi connectivity index (χ3n) is 2.64. The number of likely N-dealkylation sites (tertiary alicyclic amines) is 1. The molecule has 1 fully saturated rings. The molecule has 2 heterocycles. The Hall–Kier alpha value is -1.85. The molecule has 0 atom stereocenters. The zero-order chi connectivity index (χ0) is 13.3. The van der Waals surface area contributed by atoms with Crippen molar-refractivity contribution in [1.29, 1.82) is 0 Å². The number of nitrogens with zero attached hydrogens (tertiary/aromatic N) is 3. The Morgan fingerprint density at radius 3 is 2.61 bits per heavy atom. The molecule has 1 saturated heterocycles. The van der Waals surface area contributed by atoms with Crippen LogP contribution in [0, 0.1) is 0 Å². The van der Waals surface area contributed by atoms with Gasteiger partial charge in [-0.3, -0.25) is 4.79 Å². The van der Waals surface area contributed by atoms with E-state index in [0.29, 0.717) is 13.1 Å². The molecular weight excluding hydrogens is 234 g/mol. The van der Waals surface area contributed by atoms with Crippen LogP contribution in [0.1, 0.15) is 26.8 Å². The molecule has 0 radical (unpaired) electrons. The molecule has 1 aromatic rings. The van der Waals surface area contributed by atoms with E-state index in [2.05, 4.69) is 4.98 Å². The monoisotopic (exact) mass is 251 g/mol. The lowest BCUT2D eigenvalue weighted by molar-refractivity contribution is 0.000884. The minimum atomic E-state index is -0.471. The summed E-state index contributed by atoms with van der Waals surface area (Å²) in [5.74, 6) is 0. The summed E-state index contributed by atoms with van der Waals surface area (Å²) in [7, 11) is 0. The molecule has 6 nitrogen and oxygen atoms in total. The Morgan fingerprint density at radius 2 is 2.11 bits per heavy atom. The van der Waals surface area contributed by atoms with Crippen LogP contribution in [0.25, 0.3) is 0 Å². The summed E-state index contributed by atoms with van der Waals surface area (Å²) in [4.78, 5) is 27.9. The molecule has 1 amide bonds. The highest BCUT2D eigenvalue weighted by Crippen LogP contribution is 2.22. The summed E-state index contributed by atoms with van der Waals surface area (Å²) in [6, 6.07) is 1.58. The second kappa shape index (κ2) is 4.44. The Balaban J connectivity index is 1.89. The van der Waals surface area contributed by atoms with Gasteiger partial charge in [0.2, 0.25) is 0 Å². The lowest BCUT2D eigenvalue weighted by Gasteiger charge is -2.40. The number of hydrogen-bond acceptors (Lipinski definition) is 4. The minimum absolute atomic E-state index is 0.172. The summed E-state index contributed by atoms with van der Waals surface area (Å²) < 4.78 is 7.09. The van der Waals surface area contributed by atoms with Crippen LogP contribution in [-0.2, 0) is 4.74 Å². The highest BCUT2D eigenvalue weighted by molar-refractivity contribution is 5.69. The van der Waals surface area contributed by atoms with Crippen LogP contribution >= 0.6 is 0 Å². The van der Waals surface area contributed by atoms with Crippen LogP contribution in [0.2, 0.25) is 0 Å². The Labute approximate surface area is 105 Å². The van der Waals surface area contributed by atoms with E-state index < -0.39 is 5.60 Å². The van der Waals surface area contributed by atoms with Crippen molar-refractivity contribution in [2.45, 2.75) is 32.4 Å². The number of amides is 1. The summed E-state index contributed by atoms with van der Waals surface area (Å²) in [5.41, 5.74) is -0.726. The highest BCUT2D eigenvalue weighted by atomic mass is 16.6. The summed E-state index contributed by atoms with van der Waals surface area (Å²) in [6.07, 6.45) is 2.89. The highest BCUT2D eigenvalue weighted by Gasteiger charge is 2.34. The molecule has 0 unspecified atom stereocenters. The van der Waals surface area contributed by atoms with Gasteiger partial charge >= 0.3 is 6.09 Å². The fraction of sp³-hybridized carbons (Fsp3) is 0.583. The van der Waals surface area contributed by atoms with Gasteiger partial charge in [-0.15, -0.1) is 0 Å². The van der Waals surface area contributed by atoms with Crippen molar-refractivity contribution in [2.75, 3.05) is 13.1 Å². The maximum atomic E-state index is 11.7. The third kappa shape index (κ3) is 2.88. The van der Waals surface area contributed by atoms with Crippen LogP contribution in [0.3, 0.4) is 0 Å². The lowest BCUT2D eigenvalue weighted by Crippen LogP contribution is -2.52. The molecule has 0 N–H and O–H groups in total. The van der Waals surface area contributed by atoms with Crippen LogP contribution in [0.5, 0.6) is 0 Å². The Kier molecular flexibility index (Phi) is 3.11. The quantitative estimate of drug-likeness (QED) is 0.748. The number of aromatic nitrogens is 2. The minimum Gasteiger partial charge on any atom is -0.444 e. The smallest absolute Gasteiger partial charge is 0.410 e. The van der Waals surface area contributed by atoms with E-state index >= 15 is 0 Å². The van der Waals surface area contributed by atoms with E-state index in [-0.39, 0.29) is 17.7 Å². The van der Waals surface area contributed by atoms with Crippen LogP contribution in [0.4, 0.5) is 4.79 Å². The average Bonchev–Trinajstić information content (AvgIpc) is 2.15. The number of ether oxygens (including phenoxy) is 1. The van der Waals surface area contributed by atoms with E-state index in [9.17, 15) is 9.59 Å².